The highest BCUT2D eigenvalue weighted by molar-refractivity contribution is 6.00. The van der Waals surface area contributed by atoms with Gasteiger partial charge in [0.15, 0.2) is 5.82 Å². The molecule has 0 aliphatic rings. The molecule has 0 fully saturated rings. The van der Waals surface area contributed by atoms with E-state index in [4.69, 9.17) is 0 Å². The number of benzene rings is 3. The summed E-state index contributed by atoms with van der Waals surface area (Å²) < 4.78 is 1.52. The fraction of sp³-hybridized carbons (Fsp3) is 0. The molecule has 10 heteroatoms. The molecule has 1 heterocycles. The van der Waals surface area contributed by atoms with Gasteiger partial charge >= 0.3 is 5.91 Å². The lowest BCUT2D eigenvalue weighted by Gasteiger charge is -2.06. The third-order valence-corrected chi connectivity index (χ3v) is 4.48. The number of para-hydroxylation sites is 2. The van der Waals surface area contributed by atoms with Gasteiger partial charge in [0.05, 0.1) is 10.6 Å². The van der Waals surface area contributed by atoms with Crippen molar-refractivity contribution in [3.8, 4) is 17.1 Å². The smallest absolute Gasteiger partial charge is 0.267 e. The Morgan fingerprint density at radius 3 is 2.09 bits per heavy atom. The number of rotatable bonds is 5. The molecule has 1 aromatic heterocycles. The summed E-state index contributed by atoms with van der Waals surface area (Å²) in [5.74, 6) is -1.36. The number of nitro benzene ring substituents is 1. The Morgan fingerprint density at radius 2 is 1.41 bits per heavy atom. The number of nitrogens with one attached hydrogen (secondary N) is 2. The maximum absolute atomic E-state index is 12.6. The standard InChI is InChI=1S/C22H16N6O4/c29-21(17-13-7-8-14-18(17)28(31)32)24-25-22(30)19-23-20(15-9-3-1-4-10-15)27(26-19)16-11-5-2-6-12-16/h1-14H,(H,24,29)(H,25,30). The summed E-state index contributed by atoms with van der Waals surface area (Å²) >= 11 is 0. The van der Waals surface area contributed by atoms with Gasteiger partial charge in [0, 0.05) is 11.6 Å². The van der Waals surface area contributed by atoms with Gasteiger partial charge in [-0.05, 0) is 18.2 Å². The van der Waals surface area contributed by atoms with Gasteiger partial charge in [-0.3, -0.25) is 30.6 Å². The van der Waals surface area contributed by atoms with Gasteiger partial charge in [-0.1, -0.05) is 60.7 Å². The van der Waals surface area contributed by atoms with Crippen molar-refractivity contribution in [2.75, 3.05) is 0 Å². The zero-order valence-corrected chi connectivity index (χ0v) is 16.5. The number of hydrazine groups is 1. The third kappa shape index (κ3) is 4.19. The van der Waals surface area contributed by atoms with Crippen molar-refractivity contribution in [3.05, 3.63) is 106 Å². The largest absolute Gasteiger partial charge is 0.309 e. The number of nitro groups is 1. The number of carbonyl (C=O) groups excluding carboxylic acids is 2. The highest BCUT2D eigenvalue weighted by atomic mass is 16.6. The second-order valence-electron chi connectivity index (χ2n) is 6.55. The van der Waals surface area contributed by atoms with Crippen molar-refractivity contribution in [2.24, 2.45) is 0 Å². The summed E-state index contributed by atoms with van der Waals surface area (Å²) in [6.45, 7) is 0. The number of carbonyl (C=O) groups is 2. The molecule has 4 rings (SSSR count). The van der Waals surface area contributed by atoms with E-state index in [0.717, 1.165) is 5.56 Å². The molecule has 10 nitrogen and oxygen atoms in total. The van der Waals surface area contributed by atoms with Crippen LogP contribution in [0.1, 0.15) is 21.0 Å². The molecule has 0 bridgehead atoms. The maximum atomic E-state index is 12.6. The molecular weight excluding hydrogens is 412 g/mol. The third-order valence-electron chi connectivity index (χ3n) is 4.48. The SMILES string of the molecule is O=C(NNC(=O)c1ccccc1[N+](=O)[O-])c1nc(-c2ccccc2)n(-c2ccccc2)n1. The van der Waals surface area contributed by atoms with Crippen LogP contribution in [0.4, 0.5) is 5.69 Å². The predicted octanol–water partition coefficient (Wildman–Crippen LogP) is 2.92. The van der Waals surface area contributed by atoms with E-state index in [2.05, 4.69) is 20.9 Å². The number of nitrogens with zero attached hydrogens (tertiary/aromatic N) is 4. The van der Waals surface area contributed by atoms with Crippen LogP contribution in [0.3, 0.4) is 0 Å². The average molecular weight is 428 g/mol. The number of aromatic nitrogens is 3. The summed E-state index contributed by atoms with van der Waals surface area (Å²) in [6, 6.07) is 23.8. The van der Waals surface area contributed by atoms with E-state index in [1.54, 1.807) is 0 Å². The van der Waals surface area contributed by atoms with Crippen LogP contribution in [0.5, 0.6) is 0 Å². The topological polar surface area (TPSA) is 132 Å². The summed E-state index contributed by atoms with van der Waals surface area (Å²) in [5.41, 5.74) is 5.25. The molecule has 3 aromatic carbocycles. The molecule has 0 aliphatic carbocycles. The minimum atomic E-state index is -0.837. The molecule has 0 unspecified atom stereocenters. The molecule has 2 amide bonds. The van der Waals surface area contributed by atoms with Crippen molar-refractivity contribution >= 4 is 17.5 Å². The van der Waals surface area contributed by atoms with Crippen LogP contribution in [0, 0.1) is 10.1 Å². The first kappa shape index (κ1) is 20.4. The van der Waals surface area contributed by atoms with Crippen LogP contribution in [-0.2, 0) is 0 Å². The quantitative estimate of drug-likeness (QED) is 0.371. The molecule has 2 N–H and O–H groups in total. The number of hydrogen-bond acceptors (Lipinski definition) is 6. The van der Waals surface area contributed by atoms with Crippen molar-refractivity contribution < 1.29 is 14.5 Å². The Labute approximate surface area is 181 Å². The number of amides is 2. The average Bonchev–Trinajstić information content (AvgIpc) is 3.29. The second kappa shape index (κ2) is 8.88. The molecule has 4 aromatic rings. The van der Waals surface area contributed by atoms with Gasteiger partial charge in [0.25, 0.3) is 11.6 Å². The second-order valence-corrected chi connectivity index (χ2v) is 6.55. The van der Waals surface area contributed by atoms with Gasteiger partial charge in [-0.25, -0.2) is 9.67 Å². The van der Waals surface area contributed by atoms with E-state index in [1.165, 1.54) is 28.9 Å². The normalized spacial score (nSPS) is 10.4. The van der Waals surface area contributed by atoms with Crippen molar-refractivity contribution in [1.29, 1.82) is 0 Å². The molecule has 0 saturated carbocycles. The molecule has 0 atom stereocenters. The molecule has 0 aliphatic heterocycles. The first-order valence-electron chi connectivity index (χ1n) is 9.46. The fourth-order valence-electron chi connectivity index (χ4n) is 2.99. The van der Waals surface area contributed by atoms with Crippen LogP contribution in [0.2, 0.25) is 0 Å². The molecule has 0 spiro atoms. The van der Waals surface area contributed by atoms with E-state index in [0.29, 0.717) is 11.5 Å². The minimum absolute atomic E-state index is 0.185. The lowest BCUT2D eigenvalue weighted by atomic mass is 10.2. The highest BCUT2D eigenvalue weighted by Crippen LogP contribution is 2.21. The molecule has 158 valence electrons. The Balaban J connectivity index is 1.59. The maximum Gasteiger partial charge on any atom is 0.309 e. The van der Waals surface area contributed by atoms with E-state index in [9.17, 15) is 19.7 Å². The monoisotopic (exact) mass is 428 g/mol. The fourth-order valence-corrected chi connectivity index (χ4v) is 2.99. The van der Waals surface area contributed by atoms with Gasteiger partial charge in [0.1, 0.15) is 5.56 Å². The van der Waals surface area contributed by atoms with Gasteiger partial charge in [-0.2, -0.15) is 0 Å². The van der Waals surface area contributed by atoms with Crippen LogP contribution in [-0.4, -0.2) is 31.5 Å². The molecule has 0 saturated heterocycles. The lowest BCUT2D eigenvalue weighted by molar-refractivity contribution is -0.385. The lowest BCUT2D eigenvalue weighted by Crippen LogP contribution is -2.42. The Hall–Kier alpha value is -4.86. The molecular formula is C22H16N6O4. The molecule has 32 heavy (non-hydrogen) atoms. The van der Waals surface area contributed by atoms with Gasteiger partial charge < -0.3 is 0 Å². The first-order chi connectivity index (χ1) is 15.5. The van der Waals surface area contributed by atoms with Crippen LogP contribution < -0.4 is 10.9 Å². The molecule has 0 radical (unpaired) electrons. The number of hydrogen-bond donors (Lipinski definition) is 2. The van der Waals surface area contributed by atoms with Crippen molar-refractivity contribution in [1.82, 2.24) is 25.6 Å². The minimum Gasteiger partial charge on any atom is -0.267 e. The van der Waals surface area contributed by atoms with Crippen molar-refractivity contribution in [3.63, 3.8) is 0 Å². The van der Waals surface area contributed by atoms with E-state index in [1.807, 2.05) is 60.7 Å². The van der Waals surface area contributed by atoms with Gasteiger partial charge in [0.2, 0.25) is 5.82 Å². The predicted molar refractivity (Wildman–Crippen MR) is 115 cm³/mol. The van der Waals surface area contributed by atoms with Gasteiger partial charge in [-0.15, -0.1) is 5.10 Å². The zero-order valence-electron chi connectivity index (χ0n) is 16.5. The first-order valence-corrected chi connectivity index (χ1v) is 9.46. The summed E-state index contributed by atoms with van der Waals surface area (Å²) in [5, 5.41) is 15.4. The Bertz CT molecular complexity index is 1230. The van der Waals surface area contributed by atoms with Crippen LogP contribution in [0.25, 0.3) is 17.1 Å². The Kier molecular flexibility index (Phi) is 5.66. The van der Waals surface area contributed by atoms with Crippen LogP contribution >= 0.6 is 0 Å². The highest BCUT2D eigenvalue weighted by Gasteiger charge is 2.22. The van der Waals surface area contributed by atoms with E-state index >= 15 is 0 Å². The van der Waals surface area contributed by atoms with Crippen molar-refractivity contribution in [2.45, 2.75) is 0 Å². The summed E-state index contributed by atoms with van der Waals surface area (Å²) in [4.78, 5) is 39.7. The van der Waals surface area contributed by atoms with E-state index < -0.39 is 16.7 Å². The van der Waals surface area contributed by atoms with Crippen LogP contribution in [0.15, 0.2) is 84.9 Å². The summed E-state index contributed by atoms with van der Waals surface area (Å²) in [7, 11) is 0. The summed E-state index contributed by atoms with van der Waals surface area (Å²) in [6.07, 6.45) is 0. The Morgan fingerprint density at radius 1 is 0.812 bits per heavy atom. The van der Waals surface area contributed by atoms with E-state index in [-0.39, 0.29) is 17.1 Å². The zero-order chi connectivity index (χ0) is 22.5.